The smallest absolute Gasteiger partial charge is 0.315 e. The molecule has 0 aliphatic heterocycles. The van der Waals surface area contributed by atoms with Gasteiger partial charge in [-0.15, -0.1) is 0 Å². The van der Waals surface area contributed by atoms with Crippen LogP contribution in [-0.4, -0.2) is 17.2 Å². The van der Waals surface area contributed by atoms with Crippen LogP contribution in [0, 0.1) is 5.82 Å². The van der Waals surface area contributed by atoms with E-state index in [1.165, 1.54) is 6.07 Å². The Kier molecular flexibility index (Phi) is 4.57. The van der Waals surface area contributed by atoms with Gasteiger partial charge in [0, 0.05) is 18.5 Å². The molecule has 2 aromatic carbocycles. The fourth-order valence-corrected chi connectivity index (χ4v) is 2.75. The Morgan fingerprint density at radius 1 is 1.13 bits per heavy atom. The highest BCUT2D eigenvalue weighted by molar-refractivity contribution is 5.75. The standard InChI is InChI=1S/C18H19FN2O2/c19-16-8-4-3-7-14(16)15-9-17(15)21-18(23)20-10-12-5-1-2-6-13(12)11-22/h1-8,15,17,22H,9-11H2,(H2,20,21,23). The highest BCUT2D eigenvalue weighted by atomic mass is 19.1. The molecule has 120 valence electrons. The van der Waals surface area contributed by atoms with Crippen molar-refractivity contribution in [2.75, 3.05) is 0 Å². The number of carbonyl (C=O) groups excluding carboxylic acids is 1. The summed E-state index contributed by atoms with van der Waals surface area (Å²) in [5, 5.41) is 14.9. The van der Waals surface area contributed by atoms with E-state index >= 15 is 0 Å². The number of benzene rings is 2. The Hall–Kier alpha value is -2.40. The molecule has 3 rings (SSSR count). The van der Waals surface area contributed by atoms with Gasteiger partial charge in [0.25, 0.3) is 0 Å². The first kappa shape index (κ1) is 15.5. The summed E-state index contributed by atoms with van der Waals surface area (Å²) >= 11 is 0. The molecule has 0 bridgehead atoms. The Balaban J connectivity index is 1.51. The van der Waals surface area contributed by atoms with E-state index in [-0.39, 0.29) is 30.4 Å². The van der Waals surface area contributed by atoms with E-state index in [4.69, 9.17) is 0 Å². The lowest BCUT2D eigenvalue weighted by molar-refractivity contribution is 0.239. The molecule has 1 fully saturated rings. The van der Waals surface area contributed by atoms with Crippen molar-refractivity contribution in [3.05, 3.63) is 71.0 Å². The minimum absolute atomic E-state index is 0.0278. The van der Waals surface area contributed by atoms with E-state index in [1.807, 2.05) is 24.3 Å². The maximum absolute atomic E-state index is 13.7. The van der Waals surface area contributed by atoms with Gasteiger partial charge in [-0.05, 0) is 29.2 Å². The third-order valence-electron chi connectivity index (χ3n) is 4.14. The van der Waals surface area contributed by atoms with Gasteiger partial charge in [-0.3, -0.25) is 0 Å². The third-order valence-corrected chi connectivity index (χ3v) is 4.14. The number of aliphatic hydroxyl groups excluding tert-OH is 1. The highest BCUT2D eigenvalue weighted by Gasteiger charge is 2.40. The fraction of sp³-hybridized carbons (Fsp3) is 0.278. The lowest BCUT2D eigenvalue weighted by Gasteiger charge is -2.10. The van der Waals surface area contributed by atoms with Crippen molar-refractivity contribution in [2.24, 2.45) is 0 Å². The van der Waals surface area contributed by atoms with Crippen LogP contribution in [0.4, 0.5) is 9.18 Å². The molecule has 0 heterocycles. The fourth-order valence-electron chi connectivity index (χ4n) is 2.75. The Labute approximate surface area is 134 Å². The van der Waals surface area contributed by atoms with Crippen LogP contribution < -0.4 is 10.6 Å². The van der Waals surface area contributed by atoms with E-state index in [0.29, 0.717) is 12.1 Å². The molecule has 23 heavy (non-hydrogen) atoms. The van der Waals surface area contributed by atoms with Gasteiger partial charge in [0.1, 0.15) is 5.82 Å². The number of urea groups is 1. The molecular formula is C18H19FN2O2. The van der Waals surface area contributed by atoms with Crippen molar-refractivity contribution in [2.45, 2.75) is 31.5 Å². The zero-order valence-electron chi connectivity index (χ0n) is 12.6. The summed E-state index contributed by atoms with van der Waals surface area (Å²) in [7, 11) is 0. The van der Waals surface area contributed by atoms with Crippen molar-refractivity contribution >= 4 is 6.03 Å². The SMILES string of the molecule is O=C(NCc1ccccc1CO)NC1CC1c1ccccc1F. The summed E-state index contributed by atoms with van der Waals surface area (Å²) in [6.45, 7) is 0.289. The van der Waals surface area contributed by atoms with Gasteiger partial charge < -0.3 is 15.7 Å². The maximum atomic E-state index is 13.7. The van der Waals surface area contributed by atoms with Crippen LogP contribution >= 0.6 is 0 Å². The first-order chi connectivity index (χ1) is 11.2. The number of carbonyl (C=O) groups is 1. The number of hydrogen-bond donors (Lipinski definition) is 3. The molecule has 0 saturated heterocycles. The minimum Gasteiger partial charge on any atom is -0.392 e. The van der Waals surface area contributed by atoms with Crippen LogP contribution in [0.5, 0.6) is 0 Å². The first-order valence-corrected chi connectivity index (χ1v) is 7.65. The van der Waals surface area contributed by atoms with E-state index in [2.05, 4.69) is 10.6 Å². The predicted molar refractivity (Wildman–Crippen MR) is 85.3 cm³/mol. The molecule has 5 heteroatoms. The molecular weight excluding hydrogens is 295 g/mol. The van der Waals surface area contributed by atoms with Crippen LogP contribution in [-0.2, 0) is 13.2 Å². The molecule has 3 N–H and O–H groups in total. The Bertz CT molecular complexity index is 705. The maximum Gasteiger partial charge on any atom is 0.315 e. The number of hydrogen-bond acceptors (Lipinski definition) is 2. The number of aliphatic hydroxyl groups is 1. The van der Waals surface area contributed by atoms with Gasteiger partial charge in [0.05, 0.1) is 6.61 Å². The van der Waals surface area contributed by atoms with Crippen LogP contribution in [0.15, 0.2) is 48.5 Å². The topological polar surface area (TPSA) is 61.4 Å². The summed E-state index contributed by atoms with van der Waals surface area (Å²) in [6, 6.07) is 13.8. The number of rotatable bonds is 5. The van der Waals surface area contributed by atoms with Crippen LogP contribution in [0.25, 0.3) is 0 Å². The summed E-state index contributed by atoms with van der Waals surface area (Å²) < 4.78 is 13.7. The van der Waals surface area contributed by atoms with Gasteiger partial charge in [-0.25, -0.2) is 9.18 Å². The largest absolute Gasteiger partial charge is 0.392 e. The van der Waals surface area contributed by atoms with Gasteiger partial charge in [0.15, 0.2) is 0 Å². The molecule has 2 aromatic rings. The van der Waals surface area contributed by atoms with Crippen molar-refractivity contribution in [1.82, 2.24) is 10.6 Å². The lowest BCUT2D eigenvalue weighted by Crippen LogP contribution is -2.37. The quantitative estimate of drug-likeness (QED) is 0.794. The molecule has 1 aliphatic rings. The normalized spacial score (nSPS) is 19.2. The van der Waals surface area contributed by atoms with Crippen molar-refractivity contribution in [1.29, 1.82) is 0 Å². The molecule has 2 unspecified atom stereocenters. The average Bonchev–Trinajstić information content (AvgIpc) is 3.32. The average molecular weight is 314 g/mol. The summed E-state index contributed by atoms with van der Waals surface area (Å²) in [5.74, 6) is -0.175. The monoisotopic (exact) mass is 314 g/mol. The molecule has 4 nitrogen and oxygen atoms in total. The molecule has 2 atom stereocenters. The lowest BCUT2D eigenvalue weighted by atomic mass is 10.1. The molecule has 0 aromatic heterocycles. The second kappa shape index (κ2) is 6.79. The van der Waals surface area contributed by atoms with E-state index in [1.54, 1.807) is 18.2 Å². The highest BCUT2D eigenvalue weighted by Crippen LogP contribution is 2.41. The van der Waals surface area contributed by atoms with E-state index < -0.39 is 0 Å². The van der Waals surface area contributed by atoms with Gasteiger partial charge in [-0.2, -0.15) is 0 Å². The second-order valence-corrected chi connectivity index (χ2v) is 5.72. The zero-order valence-corrected chi connectivity index (χ0v) is 12.6. The Morgan fingerprint density at radius 2 is 1.83 bits per heavy atom. The van der Waals surface area contributed by atoms with Gasteiger partial charge in [-0.1, -0.05) is 42.5 Å². The Morgan fingerprint density at radius 3 is 2.57 bits per heavy atom. The van der Waals surface area contributed by atoms with Crippen LogP contribution in [0.1, 0.15) is 29.0 Å². The van der Waals surface area contributed by atoms with Gasteiger partial charge in [0.2, 0.25) is 0 Å². The molecule has 1 saturated carbocycles. The van der Waals surface area contributed by atoms with Crippen molar-refractivity contribution < 1.29 is 14.3 Å². The van der Waals surface area contributed by atoms with Crippen molar-refractivity contribution in [3.63, 3.8) is 0 Å². The first-order valence-electron chi connectivity index (χ1n) is 7.65. The molecule has 1 aliphatic carbocycles. The number of nitrogens with one attached hydrogen (secondary N) is 2. The van der Waals surface area contributed by atoms with Crippen molar-refractivity contribution in [3.8, 4) is 0 Å². The summed E-state index contributed by atoms with van der Waals surface area (Å²) in [5.41, 5.74) is 2.33. The van der Waals surface area contributed by atoms with E-state index in [9.17, 15) is 14.3 Å². The molecule has 0 radical (unpaired) electrons. The minimum atomic E-state index is -0.276. The van der Waals surface area contributed by atoms with E-state index in [0.717, 1.165) is 17.5 Å². The number of halogens is 1. The third kappa shape index (κ3) is 3.68. The van der Waals surface area contributed by atoms with Crippen LogP contribution in [0.3, 0.4) is 0 Å². The molecule has 2 amide bonds. The molecule has 0 spiro atoms. The summed E-state index contributed by atoms with van der Waals surface area (Å²) in [4.78, 5) is 11.9. The zero-order chi connectivity index (χ0) is 16.2. The predicted octanol–water partition coefficient (Wildman–Crippen LogP) is 2.67. The van der Waals surface area contributed by atoms with Crippen LogP contribution in [0.2, 0.25) is 0 Å². The number of amides is 2. The van der Waals surface area contributed by atoms with Gasteiger partial charge >= 0.3 is 6.03 Å². The second-order valence-electron chi connectivity index (χ2n) is 5.72. The summed E-state index contributed by atoms with van der Waals surface area (Å²) in [6.07, 6.45) is 0.752.